The second-order valence-corrected chi connectivity index (χ2v) is 5.46. The van der Waals surface area contributed by atoms with Gasteiger partial charge in [0.25, 0.3) is 5.91 Å². The van der Waals surface area contributed by atoms with Crippen LogP contribution < -0.4 is 16.0 Å². The maximum absolute atomic E-state index is 11.3. The first kappa shape index (κ1) is 14.5. The minimum Gasteiger partial charge on any atom is -0.487 e. The van der Waals surface area contributed by atoms with Gasteiger partial charge < -0.3 is 4.74 Å². The number of rotatable bonds is 5. The molecule has 3 N–H and O–H groups in total. The monoisotopic (exact) mass is 291 g/mol. The molecule has 0 radical (unpaired) electrons. The van der Waals surface area contributed by atoms with Crippen molar-refractivity contribution >= 4 is 17.2 Å². The summed E-state index contributed by atoms with van der Waals surface area (Å²) >= 11 is 1.24. The summed E-state index contributed by atoms with van der Waals surface area (Å²) in [6, 6.07) is 7.92. The van der Waals surface area contributed by atoms with Gasteiger partial charge in [-0.05, 0) is 17.5 Å². The number of hydrogen-bond donors (Lipinski definition) is 2. The van der Waals surface area contributed by atoms with E-state index in [0.717, 1.165) is 11.3 Å². The van der Waals surface area contributed by atoms with E-state index < -0.39 is 0 Å². The average molecular weight is 291 g/mol. The number of hydrogen-bond acceptors (Lipinski definition) is 5. The van der Waals surface area contributed by atoms with Gasteiger partial charge in [0.15, 0.2) is 5.01 Å². The fraction of sp³-hybridized carbons (Fsp3) is 0.286. The Hall–Kier alpha value is -1.92. The molecule has 0 aliphatic heterocycles. The summed E-state index contributed by atoms with van der Waals surface area (Å²) in [7, 11) is 0. The lowest BCUT2D eigenvalue weighted by Gasteiger charge is -2.12. The van der Waals surface area contributed by atoms with Gasteiger partial charge in [0.05, 0.1) is 5.69 Å². The predicted molar refractivity (Wildman–Crippen MR) is 78.6 cm³/mol. The summed E-state index contributed by atoms with van der Waals surface area (Å²) in [6.07, 6.45) is 0. The van der Waals surface area contributed by atoms with E-state index >= 15 is 0 Å². The Labute approximate surface area is 121 Å². The largest absolute Gasteiger partial charge is 0.487 e. The van der Waals surface area contributed by atoms with Gasteiger partial charge in [0.2, 0.25) is 0 Å². The van der Waals surface area contributed by atoms with Crippen LogP contribution in [0.5, 0.6) is 5.75 Å². The third-order valence-corrected chi connectivity index (χ3v) is 3.68. The Bertz CT molecular complexity index is 596. The molecule has 0 aliphatic rings. The molecule has 0 atom stereocenters. The second kappa shape index (κ2) is 6.49. The molecule has 0 unspecified atom stereocenters. The zero-order chi connectivity index (χ0) is 14.5. The summed E-state index contributed by atoms with van der Waals surface area (Å²) in [5.74, 6) is 5.92. The molecule has 0 spiro atoms. The number of nitrogens with two attached hydrogens (primary N) is 1. The van der Waals surface area contributed by atoms with Gasteiger partial charge in [-0.3, -0.25) is 10.2 Å². The van der Waals surface area contributed by atoms with Crippen molar-refractivity contribution in [3.05, 3.63) is 45.9 Å². The zero-order valence-corrected chi connectivity index (χ0v) is 12.2. The number of nitrogens with one attached hydrogen (secondary N) is 1. The SMILES string of the molecule is CC(C)c1ccccc1OCc1csc(C(=O)NN)n1. The third kappa shape index (κ3) is 3.34. The fourth-order valence-corrected chi connectivity index (χ4v) is 2.48. The number of benzene rings is 1. The van der Waals surface area contributed by atoms with Crippen molar-refractivity contribution in [3.8, 4) is 5.75 Å². The summed E-state index contributed by atoms with van der Waals surface area (Å²) in [6.45, 7) is 4.57. The molecule has 6 heteroatoms. The highest BCUT2D eigenvalue weighted by molar-refractivity contribution is 7.11. The van der Waals surface area contributed by atoms with Gasteiger partial charge in [-0.1, -0.05) is 32.0 Å². The van der Waals surface area contributed by atoms with Gasteiger partial charge in [0, 0.05) is 5.38 Å². The van der Waals surface area contributed by atoms with E-state index in [2.05, 4.69) is 24.3 Å². The van der Waals surface area contributed by atoms with Crippen molar-refractivity contribution in [2.45, 2.75) is 26.4 Å². The normalized spacial score (nSPS) is 10.6. The van der Waals surface area contributed by atoms with E-state index in [1.807, 2.05) is 24.3 Å². The van der Waals surface area contributed by atoms with Crippen LogP contribution in [0.3, 0.4) is 0 Å². The smallest absolute Gasteiger partial charge is 0.294 e. The van der Waals surface area contributed by atoms with E-state index in [0.29, 0.717) is 23.2 Å². The molecule has 1 heterocycles. The molecule has 1 aromatic carbocycles. The van der Waals surface area contributed by atoms with Crippen LogP contribution in [0.1, 0.15) is 40.8 Å². The summed E-state index contributed by atoms with van der Waals surface area (Å²) in [5.41, 5.74) is 3.93. The molecule has 1 amide bonds. The molecule has 2 rings (SSSR count). The number of nitrogens with zero attached hydrogens (tertiary/aromatic N) is 1. The summed E-state index contributed by atoms with van der Waals surface area (Å²) in [5, 5.41) is 2.13. The second-order valence-electron chi connectivity index (χ2n) is 4.60. The lowest BCUT2D eigenvalue weighted by molar-refractivity contribution is 0.0953. The average Bonchev–Trinajstić information content (AvgIpc) is 2.93. The molecule has 2 aromatic rings. The molecule has 5 nitrogen and oxygen atoms in total. The van der Waals surface area contributed by atoms with Gasteiger partial charge in [0.1, 0.15) is 12.4 Å². The van der Waals surface area contributed by atoms with E-state index in [1.54, 1.807) is 5.38 Å². The molecular weight excluding hydrogens is 274 g/mol. The number of amides is 1. The van der Waals surface area contributed by atoms with Gasteiger partial charge >= 0.3 is 0 Å². The van der Waals surface area contributed by atoms with Crippen LogP contribution in [-0.4, -0.2) is 10.9 Å². The minimum absolute atomic E-state index is 0.331. The molecule has 0 fully saturated rings. The Morgan fingerprint density at radius 2 is 2.20 bits per heavy atom. The number of carbonyl (C=O) groups is 1. The highest BCUT2D eigenvalue weighted by Gasteiger charge is 2.11. The highest BCUT2D eigenvalue weighted by atomic mass is 32.1. The standard InChI is InChI=1S/C14H17N3O2S/c1-9(2)11-5-3-4-6-12(11)19-7-10-8-20-14(16-10)13(18)17-15/h3-6,8-9H,7,15H2,1-2H3,(H,17,18). The molecule has 0 saturated carbocycles. The molecule has 0 saturated heterocycles. The van der Waals surface area contributed by atoms with Crippen LogP contribution in [0.4, 0.5) is 0 Å². The Morgan fingerprint density at radius 3 is 2.90 bits per heavy atom. The maximum Gasteiger partial charge on any atom is 0.294 e. The topological polar surface area (TPSA) is 77.2 Å². The maximum atomic E-state index is 11.3. The van der Waals surface area contributed by atoms with Crippen LogP contribution in [0.25, 0.3) is 0 Å². The molecule has 106 valence electrons. The molecule has 1 aromatic heterocycles. The van der Waals surface area contributed by atoms with E-state index in [-0.39, 0.29) is 5.91 Å². The molecular formula is C14H17N3O2S. The first-order valence-corrected chi connectivity index (χ1v) is 7.17. The lowest BCUT2D eigenvalue weighted by Crippen LogP contribution is -2.29. The lowest BCUT2D eigenvalue weighted by atomic mass is 10.0. The number of para-hydroxylation sites is 1. The Kier molecular flexibility index (Phi) is 4.70. The molecule has 0 bridgehead atoms. The van der Waals surface area contributed by atoms with Crippen molar-refractivity contribution in [2.75, 3.05) is 0 Å². The van der Waals surface area contributed by atoms with Crippen molar-refractivity contribution in [3.63, 3.8) is 0 Å². The van der Waals surface area contributed by atoms with Crippen LogP contribution in [0, 0.1) is 0 Å². The first-order valence-electron chi connectivity index (χ1n) is 6.29. The molecule has 0 aliphatic carbocycles. The highest BCUT2D eigenvalue weighted by Crippen LogP contribution is 2.26. The predicted octanol–water partition coefficient (Wildman–Crippen LogP) is 2.45. The van der Waals surface area contributed by atoms with E-state index in [4.69, 9.17) is 10.6 Å². The van der Waals surface area contributed by atoms with Crippen LogP contribution in [-0.2, 0) is 6.61 Å². The first-order chi connectivity index (χ1) is 9.61. The number of aromatic nitrogens is 1. The zero-order valence-electron chi connectivity index (χ0n) is 11.4. The van der Waals surface area contributed by atoms with Crippen LogP contribution in [0.2, 0.25) is 0 Å². The Morgan fingerprint density at radius 1 is 1.45 bits per heavy atom. The van der Waals surface area contributed by atoms with E-state index in [9.17, 15) is 4.79 Å². The summed E-state index contributed by atoms with van der Waals surface area (Å²) in [4.78, 5) is 15.5. The third-order valence-electron chi connectivity index (χ3n) is 2.79. The number of thiazole rings is 1. The van der Waals surface area contributed by atoms with E-state index in [1.165, 1.54) is 11.3 Å². The number of hydrazine groups is 1. The van der Waals surface area contributed by atoms with Gasteiger partial charge in [-0.25, -0.2) is 10.8 Å². The van der Waals surface area contributed by atoms with Gasteiger partial charge in [-0.2, -0.15) is 0 Å². The quantitative estimate of drug-likeness (QED) is 0.504. The van der Waals surface area contributed by atoms with Gasteiger partial charge in [-0.15, -0.1) is 11.3 Å². The number of ether oxygens (including phenoxy) is 1. The van der Waals surface area contributed by atoms with Crippen LogP contribution in [0.15, 0.2) is 29.6 Å². The number of nitrogen functional groups attached to an aromatic ring is 1. The summed E-state index contributed by atoms with van der Waals surface area (Å²) < 4.78 is 5.79. The molecule has 20 heavy (non-hydrogen) atoms. The van der Waals surface area contributed by atoms with Crippen molar-refractivity contribution in [1.29, 1.82) is 0 Å². The van der Waals surface area contributed by atoms with Crippen molar-refractivity contribution < 1.29 is 9.53 Å². The number of carbonyl (C=O) groups excluding carboxylic acids is 1. The van der Waals surface area contributed by atoms with Crippen LogP contribution >= 0.6 is 11.3 Å². The fourth-order valence-electron chi connectivity index (χ4n) is 1.78. The van der Waals surface area contributed by atoms with Crippen molar-refractivity contribution in [1.82, 2.24) is 10.4 Å². The van der Waals surface area contributed by atoms with Crippen molar-refractivity contribution in [2.24, 2.45) is 5.84 Å². The Balaban J connectivity index is 2.06. The minimum atomic E-state index is -0.385.